The highest BCUT2D eigenvalue weighted by Gasteiger charge is 2.12. The summed E-state index contributed by atoms with van der Waals surface area (Å²) in [6.45, 7) is 0. The molecular formula is C11H11Br2N5O. The van der Waals surface area contributed by atoms with Gasteiger partial charge in [-0.2, -0.15) is 0 Å². The van der Waals surface area contributed by atoms with Gasteiger partial charge in [0, 0.05) is 8.95 Å². The first-order valence-corrected chi connectivity index (χ1v) is 6.82. The third-order valence-corrected chi connectivity index (χ3v) is 3.48. The van der Waals surface area contributed by atoms with Gasteiger partial charge in [-0.05, 0) is 34.1 Å². The van der Waals surface area contributed by atoms with Gasteiger partial charge in [-0.15, -0.1) is 0 Å². The Kier molecular flexibility index (Phi) is 4.56. The molecule has 0 spiro atoms. The molecule has 0 atom stereocenters. The largest absolute Gasteiger partial charge is 0.490 e. The second-order valence-corrected chi connectivity index (χ2v) is 5.27. The van der Waals surface area contributed by atoms with Gasteiger partial charge in [0.1, 0.15) is 6.33 Å². The zero-order valence-corrected chi connectivity index (χ0v) is 13.1. The molecule has 0 saturated carbocycles. The van der Waals surface area contributed by atoms with E-state index in [0.717, 1.165) is 14.6 Å². The second-order valence-electron chi connectivity index (χ2n) is 3.50. The molecule has 2 rings (SSSR count). The summed E-state index contributed by atoms with van der Waals surface area (Å²) >= 11 is 6.87. The van der Waals surface area contributed by atoms with Crippen LogP contribution in [0.4, 0.5) is 17.3 Å². The molecule has 6 nitrogen and oxygen atoms in total. The van der Waals surface area contributed by atoms with Crippen molar-refractivity contribution in [2.24, 2.45) is 5.84 Å². The van der Waals surface area contributed by atoms with Crippen LogP contribution in [0.2, 0.25) is 0 Å². The predicted molar refractivity (Wildman–Crippen MR) is 81.5 cm³/mol. The highest BCUT2D eigenvalue weighted by molar-refractivity contribution is 9.11. The molecule has 8 heteroatoms. The maximum absolute atomic E-state index is 5.37. The summed E-state index contributed by atoms with van der Waals surface area (Å²) in [5.74, 6) is 6.75. The molecule has 0 unspecified atom stereocenters. The van der Waals surface area contributed by atoms with Gasteiger partial charge in [0.25, 0.3) is 0 Å². The van der Waals surface area contributed by atoms with Crippen molar-refractivity contribution >= 4 is 49.2 Å². The summed E-state index contributed by atoms with van der Waals surface area (Å²) in [6, 6.07) is 5.76. The normalized spacial score (nSPS) is 10.1. The van der Waals surface area contributed by atoms with Crippen LogP contribution in [0, 0.1) is 0 Å². The quantitative estimate of drug-likeness (QED) is 0.551. The van der Waals surface area contributed by atoms with Crippen molar-refractivity contribution in [1.29, 1.82) is 0 Å². The molecule has 0 radical (unpaired) electrons. The number of hydrogen-bond acceptors (Lipinski definition) is 6. The first kappa shape index (κ1) is 14.0. The van der Waals surface area contributed by atoms with Crippen LogP contribution >= 0.6 is 31.9 Å². The zero-order valence-electron chi connectivity index (χ0n) is 9.95. The highest BCUT2D eigenvalue weighted by atomic mass is 79.9. The van der Waals surface area contributed by atoms with Gasteiger partial charge in [0.05, 0.1) is 12.8 Å². The number of nitrogens with one attached hydrogen (secondary N) is 2. The Hall–Kier alpha value is -1.38. The molecule has 0 aliphatic carbocycles. The average Bonchev–Trinajstić information content (AvgIpc) is 2.41. The topological polar surface area (TPSA) is 85.1 Å². The molecule has 1 aromatic heterocycles. The Bertz CT molecular complexity index is 593. The van der Waals surface area contributed by atoms with E-state index >= 15 is 0 Å². The first-order chi connectivity index (χ1) is 9.15. The summed E-state index contributed by atoms with van der Waals surface area (Å²) in [5.41, 5.74) is 3.31. The van der Waals surface area contributed by atoms with Crippen molar-refractivity contribution in [2.45, 2.75) is 0 Å². The minimum atomic E-state index is 0.410. The van der Waals surface area contributed by atoms with Crippen molar-refractivity contribution in [3.63, 3.8) is 0 Å². The molecule has 19 heavy (non-hydrogen) atoms. The van der Waals surface area contributed by atoms with Gasteiger partial charge >= 0.3 is 0 Å². The van der Waals surface area contributed by atoms with Crippen molar-refractivity contribution in [1.82, 2.24) is 9.97 Å². The van der Waals surface area contributed by atoms with Crippen LogP contribution in [0.5, 0.6) is 5.75 Å². The fraction of sp³-hybridized carbons (Fsp3) is 0.0909. The van der Waals surface area contributed by atoms with Gasteiger partial charge < -0.3 is 15.5 Å². The fourth-order valence-electron chi connectivity index (χ4n) is 1.48. The molecule has 0 bridgehead atoms. The number of nitrogens with zero attached hydrogens (tertiary/aromatic N) is 2. The summed E-state index contributed by atoms with van der Waals surface area (Å²) in [5, 5.41) is 3.15. The van der Waals surface area contributed by atoms with E-state index in [0.29, 0.717) is 17.4 Å². The van der Waals surface area contributed by atoms with Crippen molar-refractivity contribution in [3.05, 3.63) is 33.5 Å². The van der Waals surface area contributed by atoms with E-state index in [1.54, 1.807) is 0 Å². The number of rotatable bonds is 4. The second kappa shape index (κ2) is 6.18. The van der Waals surface area contributed by atoms with Gasteiger partial charge in [0.15, 0.2) is 11.6 Å². The lowest BCUT2D eigenvalue weighted by Gasteiger charge is -2.13. The van der Waals surface area contributed by atoms with E-state index < -0.39 is 0 Å². The Morgan fingerprint density at radius 1 is 1.21 bits per heavy atom. The van der Waals surface area contributed by atoms with E-state index in [1.807, 2.05) is 18.2 Å². The molecule has 0 aliphatic rings. The van der Waals surface area contributed by atoms with E-state index in [1.165, 1.54) is 13.4 Å². The molecule has 1 aromatic carbocycles. The smallest absolute Gasteiger partial charge is 0.205 e. The number of nitrogens with two attached hydrogens (primary N) is 1. The molecule has 0 fully saturated rings. The number of hydrazine groups is 1. The lowest BCUT2D eigenvalue weighted by molar-refractivity contribution is 0.415. The molecule has 0 aliphatic heterocycles. The summed E-state index contributed by atoms with van der Waals surface area (Å²) in [4.78, 5) is 8.12. The summed E-state index contributed by atoms with van der Waals surface area (Å²) in [7, 11) is 1.53. The third-order valence-electron chi connectivity index (χ3n) is 2.33. The number of halogens is 2. The van der Waals surface area contributed by atoms with Gasteiger partial charge in [0.2, 0.25) is 5.75 Å². The van der Waals surface area contributed by atoms with Crippen molar-refractivity contribution in [2.75, 3.05) is 17.9 Å². The van der Waals surface area contributed by atoms with Crippen molar-refractivity contribution in [3.8, 4) is 5.75 Å². The Labute approximate surface area is 127 Å². The predicted octanol–water partition coefficient (Wildman–Crippen LogP) is 3.04. The Morgan fingerprint density at radius 3 is 2.58 bits per heavy atom. The van der Waals surface area contributed by atoms with Crippen LogP contribution in [0.15, 0.2) is 33.5 Å². The number of aromatic nitrogens is 2. The van der Waals surface area contributed by atoms with Crippen LogP contribution in [-0.2, 0) is 0 Å². The molecule has 2 aromatic rings. The van der Waals surface area contributed by atoms with E-state index in [-0.39, 0.29) is 0 Å². The Balaban J connectivity index is 2.37. The van der Waals surface area contributed by atoms with E-state index in [2.05, 4.69) is 52.6 Å². The van der Waals surface area contributed by atoms with E-state index in [9.17, 15) is 0 Å². The van der Waals surface area contributed by atoms with Crippen LogP contribution < -0.4 is 21.3 Å². The minimum absolute atomic E-state index is 0.410. The van der Waals surface area contributed by atoms with E-state index in [4.69, 9.17) is 10.6 Å². The molecular weight excluding hydrogens is 378 g/mol. The maximum atomic E-state index is 5.37. The number of nitrogen functional groups attached to an aromatic ring is 1. The molecule has 0 amide bonds. The van der Waals surface area contributed by atoms with Gasteiger partial charge in [-0.25, -0.2) is 15.8 Å². The number of hydrogen-bond donors (Lipinski definition) is 3. The lowest BCUT2D eigenvalue weighted by atomic mass is 10.3. The number of ether oxygens (including phenoxy) is 1. The van der Waals surface area contributed by atoms with Gasteiger partial charge in [-0.3, -0.25) is 0 Å². The monoisotopic (exact) mass is 387 g/mol. The van der Waals surface area contributed by atoms with Gasteiger partial charge in [-0.1, -0.05) is 15.9 Å². The third kappa shape index (κ3) is 3.14. The van der Waals surface area contributed by atoms with Crippen molar-refractivity contribution < 1.29 is 4.74 Å². The lowest BCUT2D eigenvalue weighted by Crippen LogP contribution is -2.11. The molecule has 1 heterocycles. The summed E-state index contributed by atoms with van der Waals surface area (Å²) in [6.07, 6.45) is 1.40. The maximum Gasteiger partial charge on any atom is 0.205 e. The molecule has 4 N–H and O–H groups in total. The first-order valence-electron chi connectivity index (χ1n) is 5.23. The SMILES string of the molecule is COc1c(NN)ncnc1Nc1ccc(Br)cc1Br. The average molecular weight is 389 g/mol. The fourth-order valence-corrected chi connectivity index (χ4v) is 2.62. The van der Waals surface area contributed by atoms with Crippen LogP contribution in [0.1, 0.15) is 0 Å². The number of anilines is 3. The van der Waals surface area contributed by atoms with Crippen LogP contribution in [-0.4, -0.2) is 17.1 Å². The zero-order chi connectivity index (χ0) is 13.8. The van der Waals surface area contributed by atoms with Crippen LogP contribution in [0.3, 0.4) is 0 Å². The number of methoxy groups -OCH3 is 1. The summed E-state index contributed by atoms with van der Waals surface area (Å²) < 4.78 is 7.12. The molecule has 100 valence electrons. The minimum Gasteiger partial charge on any atom is -0.490 e. The standard InChI is InChI=1S/C11H11Br2N5O/c1-19-9-10(15-5-16-11(9)18-14)17-8-3-2-6(12)4-7(8)13/h2-5H,14H2,1H3,(H2,15,16,17,18). The molecule has 0 saturated heterocycles. The highest BCUT2D eigenvalue weighted by Crippen LogP contribution is 2.34. The number of benzene rings is 1. The Morgan fingerprint density at radius 2 is 1.95 bits per heavy atom. The van der Waals surface area contributed by atoms with Crippen LogP contribution in [0.25, 0.3) is 0 Å².